The molecular weight excluding hydrogens is 567 g/mol. The molecule has 1 aliphatic heterocycles. The molecule has 2 unspecified atom stereocenters. The number of nitrogens with one attached hydrogen (secondary N) is 2. The molecule has 2 N–H and O–H groups in total. The van der Waals surface area contributed by atoms with E-state index < -0.39 is 48.3 Å². The third-order valence-corrected chi connectivity index (χ3v) is 5.41. The van der Waals surface area contributed by atoms with Crippen LogP contribution in [0.15, 0.2) is 11.0 Å². The Kier molecular flexibility index (Phi) is 10.2. The molecule has 1 fully saturated rings. The van der Waals surface area contributed by atoms with E-state index in [-0.39, 0.29) is 18.3 Å². The largest absolute Gasteiger partial charge is 0.456 e. The number of rotatable bonds is 9. The number of halogens is 1. The predicted octanol–water partition coefficient (Wildman–Crippen LogP) is 1.09. The van der Waals surface area contributed by atoms with Crippen LogP contribution in [0.1, 0.15) is 46.8 Å². The lowest BCUT2D eigenvalue weighted by atomic mass is 10.1. The zero-order valence-corrected chi connectivity index (χ0v) is 21.3. The van der Waals surface area contributed by atoms with Gasteiger partial charge in [0.25, 0.3) is 0 Å². The number of anilines is 1. The van der Waals surface area contributed by atoms with E-state index in [0.717, 1.165) is 4.57 Å². The minimum atomic E-state index is -1.10. The second-order valence-electron chi connectivity index (χ2n) is 7.33. The molecule has 0 radical (unpaired) electrons. The van der Waals surface area contributed by atoms with Crippen LogP contribution in [0.4, 0.5) is 10.6 Å². The molecule has 1 aliphatic rings. The van der Waals surface area contributed by atoms with Crippen molar-refractivity contribution in [2.45, 2.75) is 65.1 Å². The first kappa shape index (κ1) is 27.5. The molecule has 0 spiro atoms. The fourth-order valence-corrected chi connectivity index (χ4v) is 3.69. The third-order valence-electron chi connectivity index (χ3n) is 4.62. The van der Waals surface area contributed by atoms with E-state index in [0.29, 0.717) is 23.0 Å². The van der Waals surface area contributed by atoms with Gasteiger partial charge in [-0.2, -0.15) is 4.98 Å². The average Bonchev–Trinajstić information content (AvgIpc) is 3.04. The summed E-state index contributed by atoms with van der Waals surface area (Å²) in [6.45, 7) is 6.17. The van der Waals surface area contributed by atoms with Crippen molar-refractivity contribution in [1.82, 2.24) is 14.9 Å². The number of nitrogens with zero attached hydrogens (tertiary/aromatic N) is 2. The molecule has 34 heavy (non-hydrogen) atoms. The number of ether oxygens (including phenoxy) is 4. The molecule has 0 bridgehead atoms. The van der Waals surface area contributed by atoms with Gasteiger partial charge < -0.3 is 24.3 Å². The van der Waals surface area contributed by atoms with Gasteiger partial charge in [-0.1, -0.05) is 6.92 Å². The van der Waals surface area contributed by atoms with E-state index in [9.17, 15) is 24.0 Å². The van der Waals surface area contributed by atoms with Crippen LogP contribution in [0.5, 0.6) is 0 Å². The molecule has 0 aromatic carbocycles. The maximum atomic E-state index is 12.7. The number of amides is 2. The molecule has 4 atom stereocenters. The minimum Gasteiger partial charge on any atom is -0.456 e. The van der Waals surface area contributed by atoms with Gasteiger partial charge in [0.2, 0.25) is 5.91 Å². The van der Waals surface area contributed by atoms with E-state index >= 15 is 0 Å². The molecule has 0 saturated carbocycles. The lowest BCUT2D eigenvalue weighted by Crippen LogP contribution is -2.40. The SMILES string of the molecule is CCC(=O)NCCCOC(=O)Nc1nc(=O)n([C@@H]2O[C@H](C)C(OC(C)=O)C2OC(C)=O)cc1I. The van der Waals surface area contributed by atoms with Crippen LogP contribution in [0, 0.1) is 3.57 Å². The van der Waals surface area contributed by atoms with Crippen molar-refractivity contribution in [2.75, 3.05) is 18.5 Å². The molecule has 14 heteroatoms. The van der Waals surface area contributed by atoms with Crippen molar-refractivity contribution in [3.8, 4) is 0 Å². The zero-order valence-electron chi connectivity index (χ0n) is 19.2. The van der Waals surface area contributed by atoms with Gasteiger partial charge in [-0.3, -0.25) is 24.3 Å². The van der Waals surface area contributed by atoms with Gasteiger partial charge in [0.15, 0.2) is 24.3 Å². The number of esters is 2. The number of carbonyl (C=O) groups excluding carboxylic acids is 4. The Morgan fingerprint density at radius 1 is 1.18 bits per heavy atom. The smallest absolute Gasteiger partial charge is 0.412 e. The maximum absolute atomic E-state index is 12.7. The highest BCUT2D eigenvalue weighted by molar-refractivity contribution is 14.1. The quantitative estimate of drug-likeness (QED) is 0.183. The van der Waals surface area contributed by atoms with Crippen LogP contribution in [0.25, 0.3) is 0 Å². The van der Waals surface area contributed by atoms with Crippen molar-refractivity contribution in [2.24, 2.45) is 0 Å². The van der Waals surface area contributed by atoms with Gasteiger partial charge >= 0.3 is 23.7 Å². The number of hydrogen-bond acceptors (Lipinski definition) is 10. The van der Waals surface area contributed by atoms with Crippen LogP contribution < -0.4 is 16.3 Å². The third kappa shape index (κ3) is 7.65. The molecule has 188 valence electrons. The first-order valence-corrected chi connectivity index (χ1v) is 11.6. The van der Waals surface area contributed by atoms with Crippen molar-refractivity contribution in [3.63, 3.8) is 0 Å². The summed E-state index contributed by atoms with van der Waals surface area (Å²) >= 11 is 1.86. The Hall–Kier alpha value is -2.75. The number of hydrogen-bond donors (Lipinski definition) is 2. The summed E-state index contributed by atoms with van der Waals surface area (Å²) in [5.74, 6) is -1.36. The van der Waals surface area contributed by atoms with Crippen molar-refractivity contribution < 1.29 is 38.1 Å². The Balaban J connectivity index is 2.09. The highest BCUT2D eigenvalue weighted by atomic mass is 127. The van der Waals surface area contributed by atoms with Crippen molar-refractivity contribution >= 4 is 52.3 Å². The minimum absolute atomic E-state index is 0.0299. The van der Waals surface area contributed by atoms with Gasteiger partial charge in [0.1, 0.15) is 0 Å². The van der Waals surface area contributed by atoms with E-state index in [1.807, 2.05) is 22.6 Å². The number of carbonyl (C=O) groups is 4. The fraction of sp³-hybridized carbons (Fsp3) is 0.600. The Labute approximate surface area is 209 Å². The van der Waals surface area contributed by atoms with Gasteiger partial charge in [-0.25, -0.2) is 9.59 Å². The van der Waals surface area contributed by atoms with Gasteiger partial charge in [-0.15, -0.1) is 0 Å². The molecule has 1 aromatic rings. The Bertz CT molecular complexity index is 983. The highest BCUT2D eigenvalue weighted by Gasteiger charge is 2.48. The molecule has 2 amide bonds. The topological polar surface area (TPSA) is 164 Å². The molecule has 13 nitrogen and oxygen atoms in total. The summed E-state index contributed by atoms with van der Waals surface area (Å²) in [4.78, 5) is 62.9. The summed E-state index contributed by atoms with van der Waals surface area (Å²) in [6.07, 6.45) is -2.43. The monoisotopic (exact) mass is 594 g/mol. The van der Waals surface area contributed by atoms with Crippen LogP contribution in [-0.2, 0) is 33.3 Å². The maximum Gasteiger partial charge on any atom is 0.412 e. The predicted molar refractivity (Wildman–Crippen MR) is 125 cm³/mol. The molecule has 2 heterocycles. The van der Waals surface area contributed by atoms with Crippen LogP contribution >= 0.6 is 22.6 Å². The highest BCUT2D eigenvalue weighted by Crippen LogP contribution is 2.33. The van der Waals surface area contributed by atoms with Crippen molar-refractivity contribution in [3.05, 3.63) is 20.3 Å². The normalized spacial score (nSPS) is 21.4. The van der Waals surface area contributed by atoms with E-state index in [1.165, 1.54) is 20.0 Å². The Morgan fingerprint density at radius 2 is 1.82 bits per heavy atom. The number of aromatic nitrogens is 2. The zero-order chi connectivity index (χ0) is 25.4. The molecule has 2 rings (SSSR count). The summed E-state index contributed by atoms with van der Waals surface area (Å²) in [5, 5.41) is 5.05. The second kappa shape index (κ2) is 12.6. The molecular formula is C20H27IN4O9. The first-order chi connectivity index (χ1) is 16.0. The van der Waals surface area contributed by atoms with E-state index in [2.05, 4.69) is 15.6 Å². The first-order valence-electron chi connectivity index (χ1n) is 10.5. The van der Waals surface area contributed by atoms with Gasteiger partial charge in [-0.05, 0) is 35.9 Å². The lowest BCUT2D eigenvalue weighted by Gasteiger charge is -2.23. The molecule has 0 aliphatic carbocycles. The Morgan fingerprint density at radius 3 is 2.44 bits per heavy atom. The van der Waals surface area contributed by atoms with E-state index in [4.69, 9.17) is 18.9 Å². The summed E-state index contributed by atoms with van der Waals surface area (Å²) in [7, 11) is 0. The van der Waals surface area contributed by atoms with E-state index in [1.54, 1.807) is 13.8 Å². The van der Waals surface area contributed by atoms with Crippen molar-refractivity contribution in [1.29, 1.82) is 0 Å². The second-order valence-corrected chi connectivity index (χ2v) is 8.49. The fourth-order valence-electron chi connectivity index (χ4n) is 3.14. The summed E-state index contributed by atoms with van der Waals surface area (Å²) < 4.78 is 22.8. The summed E-state index contributed by atoms with van der Waals surface area (Å²) in [5.41, 5.74) is -0.796. The molecule has 1 aromatic heterocycles. The van der Waals surface area contributed by atoms with Gasteiger partial charge in [0, 0.05) is 33.0 Å². The molecule has 1 saturated heterocycles. The average molecular weight is 594 g/mol. The van der Waals surface area contributed by atoms with Crippen LogP contribution in [0.2, 0.25) is 0 Å². The standard InChI is InChI=1S/C20H27IN4O9/c1-5-14(28)22-7-6-8-31-20(30)24-17-13(21)9-25(19(29)23-17)18-16(34-12(4)27)15(10(2)32-18)33-11(3)26/h9-10,15-16,18H,5-8H2,1-4H3,(H,22,28)(H,23,24,29,30)/t10-,15?,16?,18-/m1/s1. The summed E-state index contributed by atoms with van der Waals surface area (Å²) in [6, 6.07) is 0. The van der Waals surface area contributed by atoms with Crippen LogP contribution in [-0.4, -0.2) is 65.0 Å². The van der Waals surface area contributed by atoms with Gasteiger partial charge in [0.05, 0.1) is 16.3 Å². The van der Waals surface area contributed by atoms with Crippen LogP contribution in [0.3, 0.4) is 0 Å². The lowest BCUT2D eigenvalue weighted by molar-refractivity contribution is -0.165.